The van der Waals surface area contributed by atoms with E-state index in [2.05, 4.69) is 68.3 Å². The summed E-state index contributed by atoms with van der Waals surface area (Å²) in [6, 6.07) is 17.3. The summed E-state index contributed by atoms with van der Waals surface area (Å²) in [7, 11) is 0. The number of benzene rings is 2. The normalized spacial score (nSPS) is 20.7. The fourth-order valence-corrected chi connectivity index (χ4v) is 3.89. The first-order valence-electron chi connectivity index (χ1n) is 8.92. The Balaban J connectivity index is 1.68. The van der Waals surface area contributed by atoms with Gasteiger partial charge in [-0.2, -0.15) is 0 Å². The van der Waals surface area contributed by atoms with E-state index >= 15 is 0 Å². The summed E-state index contributed by atoms with van der Waals surface area (Å²) in [4.78, 5) is 4.84. The van der Waals surface area contributed by atoms with Crippen LogP contribution in [0.2, 0.25) is 0 Å². The van der Waals surface area contributed by atoms with Crippen molar-refractivity contribution in [1.82, 2.24) is 9.55 Å². The molecule has 1 heterocycles. The van der Waals surface area contributed by atoms with Gasteiger partial charge in [0.15, 0.2) is 0 Å². The average Bonchev–Trinajstić information content (AvgIpc) is 2.96. The molecule has 1 aliphatic carbocycles. The third-order valence-corrected chi connectivity index (χ3v) is 5.57. The smallest absolute Gasteiger partial charge is 0.204 e. The van der Waals surface area contributed by atoms with Crippen LogP contribution in [0.3, 0.4) is 0 Å². The number of hydrogen-bond donors (Lipinski definition) is 2. The van der Waals surface area contributed by atoms with E-state index in [0.29, 0.717) is 6.04 Å². The molecule has 3 aromatic rings. The van der Waals surface area contributed by atoms with Gasteiger partial charge in [0.05, 0.1) is 17.6 Å². The van der Waals surface area contributed by atoms with Crippen molar-refractivity contribution in [1.29, 1.82) is 0 Å². The Kier molecular flexibility index (Phi) is 4.77. The minimum absolute atomic E-state index is 0.203. The minimum atomic E-state index is 0.203. The Morgan fingerprint density at radius 2 is 1.84 bits per heavy atom. The lowest BCUT2D eigenvalue weighted by Gasteiger charge is -2.29. The van der Waals surface area contributed by atoms with Crippen molar-refractivity contribution in [3.05, 3.63) is 58.6 Å². The minimum Gasteiger partial charge on any atom is -0.351 e. The first-order chi connectivity index (χ1) is 12.2. The number of anilines is 1. The van der Waals surface area contributed by atoms with Gasteiger partial charge in [-0.25, -0.2) is 4.98 Å². The Bertz CT molecular complexity index is 856. The molecular formula is C20H23BrN4. The lowest BCUT2D eigenvalue weighted by Crippen LogP contribution is -2.43. The van der Waals surface area contributed by atoms with Crippen LogP contribution in [0, 0.1) is 0 Å². The van der Waals surface area contributed by atoms with Gasteiger partial charge >= 0.3 is 0 Å². The highest BCUT2D eigenvalue weighted by atomic mass is 79.9. The van der Waals surface area contributed by atoms with Gasteiger partial charge in [-0.05, 0) is 42.7 Å². The summed E-state index contributed by atoms with van der Waals surface area (Å²) < 4.78 is 3.36. The van der Waals surface area contributed by atoms with Crippen molar-refractivity contribution < 1.29 is 0 Å². The van der Waals surface area contributed by atoms with Gasteiger partial charge < -0.3 is 15.6 Å². The van der Waals surface area contributed by atoms with Crippen molar-refractivity contribution in [2.24, 2.45) is 5.73 Å². The quantitative estimate of drug-likeness (QED) is 0.678. The predicted molar refractivity (Wildman–Crippen MR) is 107 cm³/mol. The molecular weight excluding hydrogens is 376 g/mol. The molecule has 4 nitrogen and oxygen atoms in total. The molecule has 4 rings (SSSR count). The van der Waals surface area contributed by atoms with Gasteiger partial charge in [-0.15, -0.1) is 0 Å². The number of hydrogen-bond acceptors (Lipinski definition) is 3. The van der Waals surface area contributed by atoms with E-state index in [4.69, 9.17) is 10.7 Å². The molecule has 0 bridgehead atoms. The SMILES string of the molecule is N[C@@H]1CCCC[C@@H]1Nc1nc2ccccc2n1Cc1ccc(Br)cc1. The largest absolute Gasteiger partial charge is 0.351 e. The van der Waals surface area contributed by atoms with Crippen LogP contribution in [0.5, 0.6) is 0 Å². The summed E-state index contributed by atoms with van der Waals surface area (Å²) in [5.41, 5.74) is 9.76. The standard InChI is InChI=1S/C20H23BrN4/c21-15-11-9-14(10-12-15)13-25-19-8-4-3-7-18(19)24-20(25)23-17-6-2-1-5-16(17)22/h3-4,7-12,16-17H,1-2,5-6,13,22H2,(H,23,24)/t16-,17+/m1/s1. The molecule has 1 saturated carbocycles. The van der Waals surface area contributed by atoms with E-state index < -0.39 is 0 Å². The number of fused-ring (bicyclic) bond motifs is 1. The molecule has 0 unspecified atom stereocenters. The maximum absolute atomic E-state index is 6.34. The fraction of sp³-hybridized carbons (Fsp3) is 0.350. The van der Waals surface area contributed by atoms with Crippen LogP contribution >= 0.6 is 15.9 Å². The van der Waals surface area contributed by atoms with Crippen LogP contribution in [-0.2, 0) is 6.54 Å². The summed E-state index contributed by atoms with van der Waals surface area (Å²) in [6.07, 6.45) is 4.67. The molecule has 25 heavy (non-hydrogen) atoms. The molecule has 0 aliphatic heterocycles. The molecule has 0 saturated heterocycles. The van der Waals surface area contributed by atoms with E-state index in [9.17, 15) is 0 Å². The van der Waals surface area contributed by atoms with Crippen molar-refractivity contribution in [2.45, 2.75) is 44.3 Å². The maximum Gasteiger partial charge on any atom is 0.204 e. The average molecular weight is 399 g/mol. The summed E-state index contributed by atoms with van der Waals surface area (Å²) in [5.74, 6) is 0.923. The van der Waals surface area contributed by atoms with E-state index in [1.54, 1.807) is 0 Å². The first kappa shape index (κ1) is 16.6. The number of rotatable bonds is 4. The number of nitrogens with one attached hydrogen (secondary N) is 1. The number of nitrogens with zero attached hydrogens (tertiary/aromatic N) is 2. The highest BCUT2D eigenvalue weighted by molar-refractivity contribution is 9.10. The van der Waals surface area contributed by atoms with Crippen molar-refractivity contribution >= 4 is 32.9 Å². The van der Waals surface area contributed by atoms with Crippen LogP contribution in [-0.4, -0.2) is 21.6 Å². The first-order valence-corrected chi connectivity index (χ1v) is 9.72. The summed E-state index contributed by atoms with van der Waals surface area (Å²) >= 11 is 3.50. The predicted octanol–water partition coefficient (Wildman–Crippen LogP) is 4.53. The molecule has 1 aromatic heterocycles. The van der Waals surface area contributed by atoms with Gasteiger partial charge in [-0.1, -0.05) is 53.0 Å². The highest BCUT2D eigenvalue weighted by Crippen LogP contribution is 2.25. The van der Waals surface area contributed by atoms with Crippen LogP contribution in [0.1, 0.15) is 31.2 Å². The van der Waals surface area contributed by atoms with E-state index in [-0.39, 0.29) is 6.04 Å². The Hall–Kier alpha value is -1.85. The molecule has 0 radical (unpaired) electrons. The second kappa shape index (κ2) is 7.18. The third-order valence-electron chi connectivity index (χ3n) is 5.04. The van der Waals surface area contributed by atoms with Crippen LogP contribution < -0.4 is 11.1 Å². The molecule has 3 N–H and O–H groups in total. The molecule has 130 valence electrons. The van der Waals surface area contributed by atoms with E-state index in [1.807, 2.05) is 6.07 Å². The van der Waals surface area contributed by atoms with E-state index in [1.165, 1.54) is 18.4 Å². The second-order valence-corrected chi connectivity index (χ2v) is 7.75. The van der Waals surface area contributed by atoms with Crippen molar-refractivity contribution in [3.63, 3.8) is 0 Å². The highest BCUT2D eigenvalue weighted by Gasteiger charge is 2.23. The van der Waals surface area contributed by atoms with Crippen LogP contribution in [0.4, 0.5) is 5.95 Å². The number of imidazole rings is 1. The van der Waals surface area contributed by atoms with Crippen molar-refractivity contribution in [2.75, 3.05) is 5.32 Å². The molecule has 1 aliphatic rings. The zero-order valence-electron chi connectivity index (χ0n) is 14.2. The van der Waals surface area contributed by atoms with Crippen LogP contribution in [0.15, 0.2) is 53.0 Å². The molecule has 2 aromatic carbocycles. The van der Waals surface area contributed by atoms with Gasteiger partial charge in [0.25, 0.3) is 0 Å². The molecule has 0 spiro atoms. The van der Waals surface area contributed by atoms with Gasteiger partial charge in [-0.3, -0.25) is 0 Å². The summed E-state index contributed by atoms with van der Waals surface area (Å²) in [5, 5.41) is 3.64. The zero-order valence-corrected chi connectivity index (χ0v) is 15.7. The zero-order chi connectivity index (χ0) is 17.2. The Labute approximate surface area is 156 Å². The second-order valence-electron chi connectivity index (χ2n) is 6.84. The monoisotopic (exact) mass is 398 g/mol. The van der Waals surface area contributed by atoms with Gasteiger partial charge in [0, 0.05) is 16.6 Å². The van der Waals surface area contributed by atoms with Crippen molar-refractivity contribution in [3.8, 4) is 0 Å². The molecule has 1 fully saturated rings. The number of nitrogens with two attached hydrogens (primary N) is 1. The summed E-state index contributed by atoms with van der Waals surface area (Å²) in [6.45, 7) is 0.790. The lowest BCUT2D eigenvalue weighted by atomic mass is 9.91. The number of para-hydroxylation sites is 2. The fourth-order valence-electron chi connectivity index (χ4n) is 3.62. The Morgan fingerprint density at radius 3 is 2.64 bits per heavy atom. The van der Waals surface area contributed by atoms with E-state index in [0.717, 1.165) is 40.8 Å². The number of halogens is 1. The molecule has 5 heteroatoms. The van der Waals surface area contributed by atoms with Gasteiger partial charge in [0.1, 0.15) is 0 Å². The topological polar surface area (TPSA) is 55.9 Å². The molecule has 2 atom stereocenters. The lowest BCUT2D eigenvalue weighted by molar-refractivity contribution is 0.401. The Morgan fingerprint density at radius 1 is 1.08 bits per heavy atom. The van der Waals surface area contributed by atoms with Crippen LogP contribution in [0.25, 0.3) is 11.0 Å². The molecule has 0 amide bonds. The third kappa shape index (κ3) is 3.58. The van der Waals surface area contributed by atoms with Gasteiger partial charge in [0.2, 0.25) is 5.95 Å². The maximum atomic E-state index is 6.34. The number of aromatic nitrogens is 2.